The van der Waals surface area contributed by atoms with Crippen LogP contribution in [0.2, 0.25) is 0 Å². The summed E-state index contributed by atoms with van der Waals surface area (Å²) in [4.78, 5) is 23.0. The zero-order valence-corrected chi connectivity index (χ0v) is 21.0. The van der Waals surface area contributed by atoms with E-state index >= 15 is 0 Å². The molecule has 6 heteroatoms. The number of rotatable bonds is 5. The lowest BCUT2D eigenvalue weighted by Gasteiger charge is -2.27. The molecule has 2 aromatic carbocycles. The summed E-state index contributed by atoms with van der Waals surface area (Å²) < 4.78 is 0. The highest BCUT2D eigenvalue weighted by Gasteiger charge is 2.39. The van der Waals surface area contributed by atoms with E-state index < -0.39 is 0 Å². The monoisotopic (exact) mass is 504 g/mol. The first-order chi connectivity index (χ1) is 19.4. The smallest absolute Gasteiger partial charge is 0.189 e. The Bertz CT molecular complexity index is 1680. The van der Waals surface area contributed by atoms with Gasteiger partial charge < -0.3 is 4.90 Å². The van der Waals surface area contributed by atoms with Gasteiger partial charge in [-0.3, -0.25) is 14.9 Å². The van der Waals surface area contributed by atoms with Crippen molar-refractivity contribution in [3.8, 4) is 23.0 Å². The molecule has 0 fully saturated rings. The summed E-state index contributed by atoms with van der Waals surface area (Å²) in [6.45, 7) is 0. The van der Waals surface area contributed by atoms with Crippen molar-refractivity contribution in [1.82, 2.24) is 9.97 Å². The normalized spacial score (nSPS) is 20.1. The van der Waals surface area contributed by atoms with Crippen LogP contribution in [-0.2, 0) is 0 Å². The van der Waals surface area contributed by atoms with Gasteiger partial charge in [0.05, 0.1) is 0 Å². The topological polar surface area (TPSA) is 57.0 Å². The van der Waals surface area contributed by atoms with E-state index in [1.165, 1.54) is 5.56 Å². The van der Waals surface area contributed by atoms with Crippen LogP contribution in [0, 0.1) is 11.8 Å². The maximum Gasteiger partial charge on any atom is 0.189 e. The zero-order chi connectivity index (χ0) is 26.0. The number of hydrogen-bond acceptors (Lipinski definition) is 6. The Labute approximate surface area is 227 Å². The van der Waals surface area contributed by atoms with Gasteiger partial charge in [0.15, 0.2) is 6.17 Å². The lowest BCUT2D eigenvalue weighted by molar-refractivity contribution is 0.654. The molecule has 5 heterocycles. The van der Waals surface area contributed by atoms with Crippen LogP contribution in [0.4, 0.5) is 23.0 Å². The van der Waals surface area contributed by atoms with E-state index in [-0.39, 0.29) is 18.2 Å². The molecule has 0 amide bonds. The fourth-order valence-corrected chi connectivity index (χ4v) is 5.33. The maximum atomic E-state index is 4.81. The number of benzene rings is 2. The number of nitrogens with zero attached hydrogens (tertiary/aromatic N) is 6. The number of aromatic nitrogens is 2. The molecule has 39 heavy (non-hydrogen) atoms. The molecular weight excluding hydrogens is 480 g/mol. The Morgan fingerprint density at radius 1 is 0.769 bits per heavy atom. The SMILES string of the molecule is C1#CC(N(c2ccc(-c3ccc4c(c3)C3C=CC=NC3N4c3ccccn3)cc2)c2ccccn2)N=CC=C1. The lowest BCUT2D eigenvalue weighted by Crippen LogP contribution is -2.29. The highest BCUT2D eigenvalue weighted by Crippen LogP contribution is 2.48. The summed E-state index contributed by atoms with van der Waals surface area (Å²) in [5.74, 6) is 8.17. The molecule has 3 aliphatic heterocycles. The molecule has 186 valence electrons. The van der Waals surface area contributed by atoms with Gasteiger partial charge >= 0.3 is 0 Å². The lowest BCUT2D eigenvalue weighted by atomic mass is 9.94. The molecule has 0 aliphatic carbocycles. The Morgan fingerprint density at radius 2 is 1.59 bits per heavy atom. The Balaban J connectivity index is 1.24. The van der Waals surface area contributed by atoms with Gasteiger partial charge in [-0.25, -0.2) is 9.97 Å². The van der Waals surface area contributed by atoms with E-state index in [1.54, 1.807) is 12.4 Å². The number of pyridine rings is 2. The third-order valence-corrected chi connectivity index (χ3v) is 7.10. The van der Waals surface area contributed by atoms with Crippen LogP contribution in [0.25, 0.3) is 11.1 Å². The van der Waals surface area contributed by atoms with Crippen LogP contribution in [0.5, 0.6) is 0 Å². The van der Waals surface area contributed by atoms with Crippen molar-refractivity contribution in [2.45, 2.75) is 18.2 Å². The quantitative estimate of drug-likeness (QED) is 0.293. The Kier molecular flexibility index (Phi) is 5.80. The third kappa shape index (κ3) is 4.20. The van der Waals surface area contributed by atoms with Crippen LogP contribution in [0.15, 0.2) is 126 Å². The van der Waals surface area contributed by atoms with Crippen molar-refractivity contribution in [1.29, 1.82) is 0 Å². The molecule has 0 radical (unpaired) electrons. The minimum absolute atomic E-state index is 0.0276. The summed E-state index contributed by atoms with van der Waals surface area (Å²) in [6, 6.07) is 27.1. The predicted octanol–water partition coefficient (Wildman–Crippen LogP) is 6.45. The second-order valence-electron chi connectivity index (χ2n) is 9.38. The fourth-order valence-electron chi connectivity index (χ4n) is 5.33. The van der Waals surface area contributed by atoms with Gasteiger partial charge in [-0.2, -0.15) is 0 Å². The minimum atomic E-state index is -0.367. The molecule has 0 spiro atoms. The first kappa shape index (κ1) is 22.9. The molecule has 0 N–H and O–H groups in total. The maximum absolute atomic E-state index is 4.81. The van der Waals surface area contributed by atoms with E-state index in [4.69, 9.17) is 4.99 Å². The van der Waals surface area contributed by atoms with Gasteiger partial charge in [0.25, 0.3) is 0 Å². The second kappa shape index (κ2) is 9.88. The molecule has 2 aromatic heterocycles. The summed E-state index contributed by atoms with van der Waals surface area (Å²) in [5, 5.41) is 0. The average molecular weight is 505 g/mol. The third-order valence-electron chi connectivity index (χ3n) is 7.10. The van der Waals surface area contributed by atoms with E-state index in [0.717, 1.165) is 34.1 Å². The summed E-state index contributed by atoms with van der Waals surface area (Å²) in [7, 11) is 0. The summed E-state index contributed by atoms with van der Waals surface area (Å²) >= 11 is 0. The van der Waals surface area contributed by atoms with Crippen LogP contribution < -0.4 is 9.80 Å². The highest BCUT2D eigenvalue weighted by molar-refractivity contribution is 5.82. The Hall–Kier alpha value is -5.28. The first-order valence-electron chi connectivity index (χ1n) is 12.9. The predicted molar refractivity (Wildman–Crippen MR) is 158 cm³/mol. The molecule has 6 nitrogen and oxygen atoms in total. The molecule has 3 atom stereocenters. The van der Waals surface area contributed by atoms with E-state index in [2.05, 4.69) is 85.1 Å². The van der Waals surface area contributed by atoms with Crippen LogP contribution in [0.3, 0.4) is 0 Å². The molecule has 0 saturated carbocycles. The zero-order valence-electron chi connectivity index (χ0n) is 21.0. The summed E-state index contributed by atoms with van der Waals surface area (Å²) in [6.07, 6.45) is 14.8. The van der Waals surface area contributed by atoms with Gasteiger partial charge in [-0.1, -0.05) is 42.3 Å². The largest absolute Gasteiger partial charge is 0.302 e. The van der Waals surface area contributed by atoms with Crippen LogP contribution >= 0.6 is 0 Å². The highest BCUT2D eigenvalue weighted by atomic mass is 15.3. The van der Waals surface area contributed by atoms with Gasteiger partial charge in [0.1, 0.15) is 17.8 Å². The van der Waals surface area contributed by atoms with Gasteiger partial charge in [0, 0.05) is 42.1 Å². The van der Waals surface area contributed by atoms with Gasteiger partial charge in [0.2, 0.25) is 0 Å². The molecule has 7 rings (SSSR count). The number of allylic oxidation sites excluding steroid dienone is 3. The molecular formula is C33H24N6. The van der Waals surface area contributed by atoms with Gasteiger partial charge in [-0.15, -0.1) is 0 Å². The first-order valence-corrected chi connectivity index (χ1v) is 12.9. The summed E-state index contributed by atoms with van der Waals surface area (Å²) in [5.41, 5.74) is 5.67. The second-order valence-corrected chi connectivity index (χ2v) is 9.38. The van der Waals surface area contributed by atoms with Crippen LogP contribution in [-0.4, -0.2) is 34.7 Å². The molecule has 0 bridgehead atoms. The number of aliphatic imine (C=N–C) groups is 2. The van der Waals surface area contributed by atoms with E-state index in [0.29, 0.717) is 0 Å². The molecule has 4 aromatic rings. The van der Waals surface area contributed by atoms with Crippen LogP contribution in [0.1, 0.15) is 11.5 Å². The van der Waals surface area contributed by atoms with E-state index in [9.17, 15) is 0 Å². The van der Waals surface area contributed by atoms with Crippen molar-refractivity contribution in [2.75, 3.05) is 9.80 Å². The average Bonchev–Trinajstić information content (AvgIpc) is 3.11. The van der Waals surface area contributed by atoms with E-state index in [1.807, 2.05) is 67.0 Å². The van der Waals surface area contributed by atoms with Crippen molar-refractivity contribution in [3.05, 3.63) is 121 Å². The minimum Gasteiger partial charge on any atom is -0.302 e. The van der Waals surface area contributed by atoms with Gasteiger partial charge in [-0.05, 0) is 89.4 Å². The molecule has 0 saturated heterocycles. The van der Waals surface area contributed by atoms with Crippen molar-refractivity contribution in [2.24, 2.45) is 9.98 Å². The molecule has 3 unspecified atom stereocenters. The Morgan fingerprint density at radius 3 is 2.41 bits per heavy atom. The van der Waals surface area contributed by atoms with Crippen molar-refractivity contribution >= 4 is 35.4 Å². The van der Waals surface area contributed by atoms with Crippen molar-refractivity contribution in [3.63, 3.8) is 0 Å². The number of fused-ring (bicyclic) bond motifs is 3. The number of hydrogen-bond donors (Lipinski definition) is 0. The standard InChI is InChI=1S/C33H24N6/c1-2-10-30(34-19-5-1)38(31-11-3-6-20-35-31)26-16-13-24(14-17-26)25-15-18-29-28(23-25)27-9-8-22-37-33(27)39(29)32-12-4-7-21-36-32/h1,3-9,11-23,27,30,33H. The number of anilines is 4. The number of dihydropyridines is 1. The fraction of sp³-hybridized carbons (Fsp3) is 0.0909. The molecule has 3 aliphatic rings. The van der Waals surface area contributed by atoms with Crippen molar-refractivity contribution < 1.29 is 0 Å².